The van der Waals surface area contributed by atoms with E-state index in [2.05, 4.69) is 16.0 Å². The summed E-state index contributed by atoms with van der Waals surface area (Å²) in [4.78, 5) is 35.8. The molecule has 150 valence electrons. The van der Waals surface area contributed by atoms with Crippen molar-refractivity contribution in [3.8, 4) is 6.07 Å². The first-order valence-corrected chi connectivity index (χ1v) is 10.0. The van der Waals surface area contributed by atoms with Crippen LogP contribution in [0.15, 0.2) is 12.3 Å². The van der Waals surface area contributed by atoms with E-state index < -0.39 is 5.41 Å². The number of nitrogens with one attached hydrogen (secondary N) is 1. The normalized spacial score (nSPS) is 28.5. The van der Waals surface area contributed by atoms with Crippen LogP contribution in [0.4, 0.5) is 0 Å². The fraction of sp³-hybridized carbons (Fsp3) is 0.650. The number of carbonyl (C=O) groups is 2. The number of carbonyl (C=O) groups excluding carboxylic acids is 2. The molecule has 1 aromatic rings. The SMILES string of the molecule is CN1CC[C@]2(C(=O)N3CCOCC3)CCCN(C(=O)c3cc(C#N)c[nH]3)[C@H]2C1. The maximum absolute atomic E-state index is 13.6. The summed E-state index contributed by atoms with van der Waals surface area (Å²) in [5.41, 5.74) is 0.332. The van der Waals surface area contributed by atoms with Gasteiger partial charge >= 0.3 is 0 Å². The number of likely N-dealkylation sites (tertiary alicyclic amines) is 2. The summed E-state index contributed by atoms with van der Waals surface area (Å²) in [7, 11) is 2.04. The molecule has 0 aromatic carbocycles. The first-order chi connectivity index (χ1) is 13.5. The third-order valence-electron chi connectivity index (χ3n) is 6.49. The molecule has 0 aliphatic carbocycles. The molecule has 4 heterocycles. The number of aromatic nitrogens is 1. The van der Waals surface area contributed by atoms with Crippen molar-refractivity contribution < 1.29 is 14.3 Å². The minimum Gasteiger partial charge on any atom is -0.378 e. The van der Waals surface area contributed by atoms with E-state index in [9.17, 15) is 9.59 Å². The Morgan fingerprint density at radius 1 is 1.25 bits per heavy atom. The molecule has 2 amide bonds. The molecule has 2 atom stereocenters. The van der Waals surface area contributed by atoms with Crippen molar-refractivity contribution in [3.63, 3.8) is 0 Å². The van der Waals surface area contributed by atoms with E-state index in [0.717, 1.165) is 25.8 Å². The number of morpholine rings is 1. The van der Waals surface area contributed by atoms with Gasteiger partial charge in [-0.1, -0.05) is 0 Å². The topological polar surface area (TPSA) is 92.7 Å². The fourth-order valence-corrected chi connectivity index (χ4v) is 4.95. The predicted octanol–water partition coefficient (Wildman–Crippen LogP) is 0.672. The monoisotopic (exact) mass is 385 g/mol. The van der Waals surface area contributed by atoms with Gasteiger partial charge in [-0.05, 0) is 38.9 Å². The summed E-state index contributed by atoms with van der Waals surface area (Å²) in [5.74, 6) is 0.0521. The second kappa shape index (κ2) is 7.57. The second-order valence-corrected chi connectivity index (χ2v) is 8.10. The maximum Gasteiger partial charge on any atom is 0.270 e. The summed E-state index contributed by atoms with van der Waals surface area (Å²) in [6, 6.07) is 3.49. The van der Waals surface area contributed by atoms with Gasteiger partial charge in [-0.3, -0.25) is 9.59 Å². The molecule has 0 spiro atoms. The number of ether oxygens (including phenoxy) is 1. The van der Waals surface area contributed by atoms with E-state index in [4.69, 9.17) is 10.00 Å². The molecule has 0 unspecified atom stereocenters. The lowest BCUT2D eigenvalue weighted by Crippen LogP contribution is -2.67. The van der Waals surface area contributed by atoms with E-state index in [1.54, 1.807) is 12.3 Å². The van der Waals surface area contributed by atoms with Crippen molar-refractivity contribution in [1.29, 1.82) is 5.26 Å². The Hall–Kier alpha value is -2.37. The molecule has 8 heteroatoms. The maximum atomic E-state index is 13.6. The zero-order valence-electron chi connectivity index (χ0n) is 16.3. The fourth-order valence-electron chi connectivity index (χ4n) is 4.95. The van der Waals surface area contributed by atoms with E-state index >= 15 is 0 Å². The lowest BCUT2D eigenvalue weighted by molar-refractivity contribution is -0.157. The molecule has 3 aliphatic heterocycles. The highest BCUT2D eigenvalue weighted by Crippen LogP contribution is 2.44. The van der Waals surface area contributed by atoms with Gasteiger partial charge in [-0.15, -0.1) is 0 Å². The Morgan fingerprint density at radius 2 is 2.04 bits per heavy atom. The highest BCUT2D eigenvalue weighted by molar-refractivity contribution is 5.94. The van der Waals surface area contributed by atoms with Crippen LogP contribution in [0.5, 0.6) is 0 Å². The van der Waals surface area contributed by atoms with Crippen molar-refractivity contribution in [3.05, 3.63) is 23.5 Å². The molecule has 0 bridgehead atoms. The van der Waals surface area contributed by atoms with Crippen LogP contribution < -0.4 is 0 Å². The Labute approximate surface area is 165 Å². The quantitative estimate of drug-likeness (QED) is 0.808. The Kier molecular flexibility index (Phi) is 5.13. The molecule has 28 heavy (non-hydrogen) atoms. The minimum absolute atomic E-state index is 0.124. The van der Waals surface area contributed by atoms with Gasteiger partial charge in [-0.25, -0.2) is 0 Å². The van der Waals surface area contributed by atoms with Crippen molar-refractivity contribution in [2.75, 3.05) is 53.0 Å². The molecule has 3 saturated heterocycles. The molecule has 1 aromatic heterocycles. The number of H-pyrrole nitrogens is 1. The number of fused-ring (bicyclic) bond motifs is 1. The lowest BCUT2D eigenvalue weighted by Gasteiger charge is -2.54. The van der Waals surface area contributed by atoms with Gasteiger partial charge in [0, 0.05) is 32.4 Å². The third kappa shape index (κ3) is 3.19. The predicted molar refractivity (Wildman–Crippen MR) is 102 cm³/mol. The first-order valence-electron chi connectivity index (χ1n) is 10.0. The first kappa shape index (κ1) is 19.0. The van der Waals surface area contributed by atoms with Crippen molar-refractivity contribution in [2.24, 2.45) is 5.41 Å². The van der Waals surface area contributed by atoms with Crippen LogP contribution in [0.25, 0.3) is 0 Å². The summed E-state index contributed by atoms with van der Waals surface area (Å²) < 4.78 is 5.42. The smallest absolute Gasteiger partial charge is 0.270 e. The van der Waals surface area contributed by atoms with Crippen molar-refractivity contribution in [1.82, 2.24) is 19.7 Å². The Bertz CT molecular complexity index is 794. The summed E-state index contributed by atoms with van der Waals surface area (Å²) >= 11 is 0. The zero-order chi connectivity index (χ0) is 19.7. The van der Waals surface area contributed by atoms with E-state index in [-0.39, 0.29) is 17.9 Å². The molecule has 3 aliphatic rings. The van der Waals surface area contributed by atoms with Crippen LogP contribution >= 0.6 is 0 Å². The van der Waals surface area contributed by atoms with E-state index in [1.807, 2.05) is 16.8 Å². The summed E-state index contributed by atoms with van der Waals surface area (Å²) in [6.45, 7) is 4.58. The molecule has 0 radical (unpaired) electrons. The number of piperidine rings is 2. The molecule has 1 N–H and O–H groups in total. The second-order valence-electron chi connectivity index (χ2n) is 8.10. The number of nitrogens with zero attached hydrogens (tertiary/aromatic N) is 4. The number of hydrogen-bond acceptors (Lipinski definition) is 5. The zero-order valence-corrected chi connectivity index (χ0v) is 16.3. The Morgan fingerprint density at radius 3 is 2.75 bits per heavy atom. The van der Waals surface area contributed by atoms with Gasteiger partial charge in [0.1, 0.15) is 11.8 Å². The van der Waals surface area contributed by atoms with Gasteiger partial charge in [0.2, 0.25) is 5.91 Å². The van der Waals surface area contributed by atoms with Crippen LogP contribution in [-0.4, -0.2) is 90.5 Å². The molecule has 3 fully saturated rings. The third-order valence-corrected chi connectivity index (χ3v) is 6.49. The van der Waals surface area contributed by atoms with Gasteiger partial charge in [0.15, 0.2) is 0 Å². The highest BCUT2D eigenvalue weighted by atomic mass is 16.5. The lowest BCUT2D eigenvalue weighted by atomic mass is 9.67. The average molecular weight is 385 g/mol. The number of hydrogen-bond donors (Lipinski definition) is 1. The molecular formula is C20H27N5O3. The van der Waals surface area contributed by atoms with Crippen LogP contribution in [0, 0.1) is 16.7 Å². The van der Waals surface area contributed by atoms with Crippen LogP contribution in [-0.2, 0) is 9.53 Å². The van der Waals surface area contributed by atoms with Gasteiger partial charge < -0.3 is 24.4 Å². The van der Waals surface area contributed by atoms with Gasteiger partial charge in [0.05, 0.1) is 30.2 Å². The van der Waals surface area contributed by atoms with Gasteiger partial charge in [-0.2, -0.15) is 5.26 Å². The largest absolute Gasteiger partial charge is 0.378 e. The van der Waals surface area contributed by atoms with E-state index in [0.29, 0.717) is 50.7 Å². The summed E-state index contributed by atoms with van der Waals surface area (Å²) in [5, 5.41) is 9.06. The van der Waals surface area contributed by atoms with Crippen LogP contribution in [0.3, 0.4) is 0 Å². The number of amides is 2. The molecular weight excluding hydrogens is 358 g/mol. The number of nitriles is 1. The van der Waals surface area contributed by atoms with Gasteiger partial charge in [0.25, 0.3) is 5.91 Å². The van der Waals surface area contributed by atoms with E-state index in [1.165, 1.54) is 0 Å². The van der Waals surface area contributed by atoms with Crippen molar-refractivity contribution >= 4 is 11.8 Å². The summed E-state index contributed by atoms with van der Waals surface area (Å²) in [6.07, 6.45) is 3.95. The number of rotatable bonds is 2. The van der Waals surface area contributed by atoms with Crippen LogP contribution in [0.2, 0.25) is 0 Å². The molecule has 0 saturated carbocycles. The van der Waals surface area contributed by atoms with Crippen molar-refractivity contribution in [2.45, 2.75) is 25.3 Å². The molecule has 8 nitrogen and oxygen atoms in total. The van der Waals surface area contributed by atoms with Crippen LogP contribution in [0.1, 0.15) is 35.3 Å². The highest BCUT2D eigenvalue weighted by Gasteiger charge is 2.54. The standard InChI is InChI=1S/C20H27N5O3/c1-23-6-4-20(19(27)24-7-9-28-10-8-24)3-2-5-25(17(20)14-23)18(26)16-11-15(12-21)13-22-16/h11,13,17,22H,2-10,14H2,1H3/t17-,20+/m0/s1. The average Bonchev–Trinajstić information content (AvgIpc) is 3.22. The number of likely N-dealkylation sites (N-methyl/N-ethyl adjacent to an activating group) is 1. The molecule has 4 rings (SSSR count). The minimum atomic E-state index is -0.525. The Balaban J connectivity index is 1.64. The number of aromatic amines is 1.